The fourth-order valence-corrected chi connectivity index (χ4v) is 5.72. The highest BCUT2D eigenvalue weighted by Crippen LogP contribution is 2.34. The lowest BCUT2D eigenvalue weighted by molar-refractivity contribution is 0.0203. The van der Waals surface area contributed by atoms with Crippen LogP contribution in [-0.2, 0) is 4.74 Å². The lowest BCUT2D eigenvalue weighted by Crippen LogP contribution is -2.49. The first-order chi connectivity index (χ1) is 19.6. The van der Waals surface area contributed by atoms with Gasteiger partial charge in [-0.1, -0.05) is 23.7 Å². The molecule has 2 aromatic carbocycles. The summed E-state index contributed by atoms with van der Waals surface area (Å²) in [5.74, 6) is 0.845. The number of hydrogen-bond acceptors (Lipinski definition) is 6. The first kappa shape index (κ1) is 28.8. The van der Waals surface area contributed by atoms with E-state index >= 15 is 0 Å². The summed E-state index contributed by atoms with van der Waals surface area (Å²) in [7, 11) is 1.66. The van der Waals surface area contributed by atoms with Crippen LogP contribution >= 0.6 is 11.6 Å². The molecule has 0 unspecified atom stereocenters. The molecule has 0 aliphatic carbocycles. The largest absolute Gasteiger partial charge is 0.497 e. The maximum Gasteiger partial charge on any atom is 0.410 e. The smallest absolute Gasteiger partial charge is 0.410 e. The average molecular weight is 580 g/mol. The number of aromatic nitrogens is 2. The SMILES string of the molecule is COc1cccc(N2CCN(C(=O)c3cnn(-c4cccc(Cl)c4)c3C3CCN(C(=O)OC(C)(C)C)CC3)CC2)c1. The van der Waals surface area contributed by atoms with Gasteiger partial charge in [-0.25, -0.2) is 9.48 Å². The number of carbonyl (C=O) groups excluding carboxylic acids is 2. The van der Waals surface area contributed by atoms with Gasteiger partial charge in [0.1, 0.15) is 11.4 Å². The number of anilines is 1. The molecule has 3 aromatic rings. The Kier molecular flexibility index (Phi) is 8.45. The van der Waals surface area contributed by atoms with Crippen LogP contribution in [0.3, 0.4) is 0 Å². The van der Waals surface area contributed by atoms with Gasteiger partial charge >= 0.3 is 6.09 Å². The zero-order chi connectivity index (χ0) is 29.1. The minimum atomic E-state index is -0.546. The summed E-state index contributed by atoms with van der Waals surface area (Å²) in [4.78, 5) is 32.6. The molecule has 0 spiro atoms. The van der Waals surface area contributed by atoms with Crippen LogP contribution in [0.4, 0.5) is 10.5 Å². The Morgan fingerprint density at radius 3 is 2.24 bits per heavy atom. The zero-order valence-electron chi connectivity index (χ0n) is 24.2. The van der Waals surface area contributed by atoms with Crippen molar-refractivity contribution >= 4 is 29.3 Å². The lowest BCUT2D eigenvalue weighted by Gasteiger charge is -2.37. The van der Waals surface area contributed by atoms with Crippen LogP contribution < -0.4 is 9.64 Å². The zero-order valence-corrected chi connectivity index (χ0v) is 24.9. The monoisotopic (exact) mass is 579 g/mol. The molecule has 10 heteroatoms. The molecule has 0 bridgehead atoms. The van der Waals surface area contributed by atoms with E-state index < -0.39 is 5.60 Å². The summed E-state index contributed by atoms with van der Waals surface area (Å²) >= 11 is 6.33. The normalized spacial score (nSPS) is 16.6. The van der Waals surface area contributed by atoms with Gasteiger partial charge in [0.15, 0.2) is 0 Å². The highest BCUT2D eigenvalue weighted by Gasteiger charge is 2.34. The number of amides is 2. The number of piperazine rings is 1. The number of nitrogens with zero attached hydrogens (tertiary/aromatic N) is 5. The Bertz CT molecular complexity index is 1390. The number of halogens is 1. The predicted octanol–water partition coefficient (Wildman–Crippen LogP) is 5.61. The number of rotatable bonds is 5. The van der Waals surface area contributed by atoms with E-state index in [9.17, 15) is 9.59 Å². The van der Waals surface area contributed by atoms with E-state index in [1.165, 1.54) is 0 Å². The molecule has 0 radical (unpaired) electrons. The minimum absolute atomic E-state index is 0.0202. The second kappa shape index (κ2) is 12.0. The Morgan fingerprint density at radius 2 is 1.59 bits per heavy atom. The first-order valence-corrected chi connectivity index (χ1v) is 14.5. The summed E-state index contributed by atoms with van der Waals surface area (Å²) in [6, 6.07) is 15.5. The molecule has 2 aliphatic heterocycles. The van der Waals surface area contributed by atoms with E-state index in [4.69, 9.17) is 21.1 Å². The molecule has 2 fully saturated rings. The Labute approximate surface area is 246 Å². The van der Waals surface area contributed by atoms with E-state index in [2.05, 4.69) is 16.1 Å². The number of benzene rings is 2. The van der Waals surface area contributed by atoms with E-state index in [0.717, 1.165) is 35.9 Å². The molecule has 1 aromatic heterocycles. The van der Waals surface area contributed by atoms with E-state index in [-0.39, 0.29) is 17.9 Å². The summed E-state index contributed by atoms with van der Waals surface area (Å²) < 4.78 is 12.8. The molecule has 2 aliphatic rings. The van der Waals surface area contributed by atoms with Gasteiger partial charge in [0.2, 0.25) is 0 Å². The quantitative estimate of drug-likeness (QED) is 0.391. The van der Waals surface area contributed by atoms with Crippen molar-refractivity contribution in [1.82, 2.24) is 19.6 Å². The maximum absolute atomic E-state index is 14.0. The van der Waals surface area contributed by atoms with Crippen molar-refractivity contribution in [2.75, 3.05) is 51.3 Å². The Balaban J connectivity index is 1.35. The molecule has 41 heavy (non-hydrogen) atoms. The van der Waals surface area contributed by atoms with Gasteiger partial charge < -0.3 is 24.2 Å². The summed E-state index contributed by atoms with van der Waals surface area (Å²) in [6.45, 7) is 9.38. The van der Waals surface area contributed by atoms with E-state index in [1.807, 2.05) is 72.8 Å². The number of methoxy groups -OCH3 is 1. The van der Waals surface area contributed by atoms with Crippen molar-refractivity contribution in [1.29, 1.82) is 0 Å². The van der Waals surface area contributed by atoms with Gasteiger partial charge in [-0.15, -0.1) is 0 Å². The summed E-state index contributed by atoms with van der Waals surface area (Å²) in [5, 5.41) is 5.29. The number of carbonyl (C=O) groups is 2. The lowest BCUT2D eigenvalue weighted by atomic mass is 9.90. The fraction of sp³-hybridized carbons (Fsp3) is 0.452. The second-order valence-corrected chi connectivity index (χ2v) is 12.0. The van der Waals surface area contributed by atoms with Crippen LogP contribution in [0.25, 0.3) is 5.69 Å². The van der Waals surface area contributed by atoms with Crippen LogP contribution in [0.15, 0.2) is 54.7 Å². The van der Waals surface area contributed by atoms with Crippen LogP contribution in [-0.4, -0.2) is 83.6 Å². The van der Waals surface area contributed by atoms with Crippen molar-refractivity contribution in [3.05, 3.63) is 71.0 Å². The summed E-state index contributed by atoms with van der Waals surface area (Å²) in [5.41, 5.74) is 2.83. The Hall–Kier alpha value is -3.72. The predicted molar refractivity (Wildman–Crippen MR) is 159 cm³/mol. The Morgan fingerprint density at radius 1 is 0.902 bits per heavy atom. The topological polar surface area (TPSA) is 80.1 Å². The minimum Gasteiger partial charge on any atom is -0.497 e. The van der Waals surface area contributed by atoms with Crippen LogP contribution in [0, 0.1) is 0 Å². The second-order valence-electron chi connectivity index (χ2n) is 11.6. The van der Waals surface area contributed by atoms with Gasteiger partial charge in [0.05, 0.1) is 30.3 Å². The maximum atomic E-state index is 14.0. The summed E-state index contributed by atoms with van der Waals surface area (Å²) in [6.07, 6.45) is 2.79. The molecule has 9 nitrogen and oxygen atoms in total. The van der Waals surface area contributed by atoms with Gasteiger partial charge in [-0.2, -0.15) is 5.10 Å². The van der Waals surface area contributed by atoms with Crippen molar-refractivity contribution in [3.63, 3.8) is 0 Å². The van der Waals surface area contributed by atoms with Crippen LogP contribution in [0.5, 0.6) is 5.75 Å². The molecular weight excluding hydrogens is 542 g/mol. The molecule has 0 atom stereocenters. The molecule has 0 saturated carbocycles. The molecular formula is C31H38ClN5O4. The van der Waals surface area contributed by atoms with Gasteiger partial charge in [0, 0.05) is 62.0 Å². The van der Waals surface area contributed by atoms with E-state index in [1.54, 1.807) is 18.2 Å². The number of ether oxygens (including phenoxy) is 2. The highest BCUT2D eigenvalue weighted by atomic mass is 35.5. The van der Waals surface area contributed by atoms with Gasteiger partial charge in [-0.3, -0.25) is 4.79 Å². The highest BCUT2D eigenvalue weighted by molar-refractivity contribution is 6.30. The number of piperidine rings is 1. The molecule has 2 saturated heterocycles. The molecule has 2 amide bonds. The van der Waals surface area contributed by atoms with Crippen LogP contribution in [0.1, 0.15) is 55.6 Å². The third-order valence-corrected chi connectivity index (χ3v) is 7.84. The first-order valence-electron chi connectivity index (χ1n) is 14.1. The molecule has 5 rings (SSSR count). The number of likely N-dealkylation sites (tertiary alicyclic amines) is 1. The molecule has 0 N–H and O–H groups in total. The fourth-order valence-electron chi connectivity index (χ4n) is 5.54. The number of hydrogen-bond donors (Lipinski definition) is 0. The standard InChI is InChI=1S/C31H38ClN5O4/c1-31(2,3)41-30(39)36-13-11-22(12-14-36)28-27(21-33-37(28)25-9-5-7-23(32)19-25)29(38)35-17-15-34(16-18-35)24-8-6-10-26(20-24)40-4/h5-10,19-22H,11-18H2,1-4H3. The third kappa shape index (κ3) is 6.62. The third-order valence-electron chi connectivity index (χ3n) is 7.61. The van der Waals surface area contributed by atoms with Crippen molar-refractivity contribution in [2.45, 2.75) is 45.1 Å². The molecule has 3 heterocycles. The van der Waals surface area contributed by atoms with Crippen molar-refractivity contribution in [3.8, 4) is 11.4 Å². The van der Waals surface area contributed by atoms with Crippen molar-refractivity contribution < 1.29 is 19.1 Å². The average Bonchev–Trinajstić information content (AvgIpc) is 3.41. The van der Waals surface area contributed by atoms with Crippen LogP contribution in [0.2, 0.25) is 5.02 Å². The van der Waals surface area contributed by atoms with E-state index in [0.29, 0.717) is 49.6 Å². The van der Waals surface area contributed by atoms with Gasteiger partial charge in [0.25, 0.3) is 5.91 Å². The molecule has 218 valence electrons. The van der Waals surface area contributed by atoms with Gasteiger partial charge in [-0.05, 0) is 63.9 Å². The van der Waals surface area contributed by atoms with Crippen molar-refractivity contribution in [2.24, 2.45) is 0 Å².